The molecule has 0 fully saturated rings. The zero-order valence-corrected chi connectivity index (χ0v) is 29.7. The van der Waals surface area contributed by atoms with Gasteiger partial charge in [-0.2, -0.15) is 0 Å². The standard InChI is InChI=1S/C16H15Cl2NO4S.C15H13Cl2NO4S/c1-19(15-6-4-3-5-11(15)9-16(20)23-2)24(21,22)12-7-8-13(17)14(18)10-12;1-22-15(19)8-10-4-2-3-5-14(10)18-23(20,21)11-6-7-12(16)13(17)9-11/h3-8,10H,9H2,1-2H3;2-7,9,18H,8H2,1H3. The number of nitrogens with one attached hydrogen (secondary N) is 1. The number of hydrogen-bond donors (Lipinski definition) is 1. The van der Waals surface area contributed by atoms with Crippen molar-refractivity contribution in [3.05, 3.63) is 116 Å². The third kappa shape index (κ3) is 9.99. The Morgan fingerprint density at radius 3 is 1.68 bits per heavy atom. The van der Waals surface area contributed by atoms with Crippen LogP contribution in [0.2, 0.25) is 20.1 Å². The third-order valence-electron chi connectivity index (χ3n) is 6.47. The first kappa shape index (κ1) is 37.9. The molecule has 47 heavy (non-hydrogen) atoms. The Bertz CT molecular complexity index is 1990. The quantitative estimate of drug-likeness (QED) is 0.170. The number of hydrogen-bond acceptors (Lipinski definition) is 8. The average molecular weight is 763 g/mol. The Hall–Kier alpha value is -3.52. The van der Waals surface area contributed by atoms with E-state index >= 15 is 0 Å². The number of ether oxygens (including phenoxy) is 2. The Morgan fingerprint density at radius 2 is 1.13 bits per heavy atom. The van der Waals surface area contributed by atoms with E-state index < -0.39 is 32.0 Å². The molecule has 0 atom stereocenters. The van der Waals surface area contributed by atoms with E-state index in [-0.39, 0.29) is 42.7 Å². The van der Waals surface area contributed by atoms with E-state index in [1.165, 1.54) is 57.7 Å². The zero-order valence-electron chi connectivity index (χ0n) is 25.0. The van der Waals surface area contributed by atoms with Crippen molar-refractivity contribution in [1.82, 2.24) is 0 Å². The summed E-state index contributed by atoms with van der Waals surface area (Å²) in [5.41, 5.74) is 1.72. The number of esters is 2. The molecule has 0 radical (unpaired) electrons. The highest BCUT2D eigenvalue weighted by Crippen LogP contribution is 2.30. The summed E-state index contributed by atoms with van der Waals surface area (Å²) in [6.07, 6.45) is -0.0789. The van der Waals surface area contributed by atoms with Gasteiger partial charge in [-0.1, -0.05) is 82.8 Å². The molecule has 4 aromatic carbocycles. The van der Waals surface area contributed by atoms with Crippen molar-refractivity contribution in [2.75, 3.05) is 30.3 Å². The summed E-state index contributed by atoms with van der Waals surface area (Å²) in [6.45, 7) is 0. The molecule has 0 aromatic heterocycles. The molecule has 0 aliphatic rings. The third-order valence-corrected chi connectivity index (χ3v) is 11.1. The summed E-state index contributed by atoms with van der Waals surface area (Å²) in [5, 5.41) is 0.812. The van der Waals surface area contributed by atoms with Crippen LogP contribution in [-0.2, 0) is 52.0 Å². The van der Waals surface area contributed by atoms with Crippen molar-refractivity contribution in [1.29, 1.82) is 0 Å². The summed E-state index contributed by atoms with van der Waals surface area (Å²) in [5.74, 6) is -0.922. The predicted molar refractivity (Wildman–Crippen MR) is 184 cm³/mol. The molecule has 0 unspecified atom stereocenters. The van der Waals surface area contributed by atoms with E-state index in [1.807, 2.05) is 0 Å². The van der Waals surface area contributed by atoms with E-state index in [4.69, 9.17) is 46.4 Å². The Morgan fingerprint density at radius 1 is 0.660 bits per heavy atom. The molecule has 0 amide bonds. The van der Waals surface area contributed by atoms with Crippen LogP contribution in [0.4, 0.5) is 11.4 Å². The monoisotopic (exact) mass is 760 g/mol. The van der Waals surface area contributed by atoms with E-state index in [2.05, 4.69) is 14.2 Å². The molecular weight excluding hydrogens is 734 g/mol. The second kappa shape index (κ2) is 16.5. The van der Waals surface area contributed by atoms with Crippen LogP contribution in [0.1, 0.15) is 11.1 Å². The number of sulfonamides is 2. The molecule has 0 bridgehead atoms. The smallest absolute Gasteiger partial charge is 0.310 e. The number of benzene rings is 4. The lowest BCUT2D eigenvalue weighted by Crippen LogP contribution is -2.28. The molecule has 250 valence electrons. The SMILES string of the molecule is COC(=O)Cc1ccccc1N(C)S(=O)(=O)c1ccc(Cl)c(Cl)c1.COC(=O)Cc1ccccc1NS(=O)(=O)c1ccc(Cl)c(Cl)c1. The molecule has 0 aliphatic carbocycles. The van der Waals surface area contributed by atoms with Gasteiger partial charge in [0, 0.05) is 7.05 Å². The van der Waals surface area contributed by atoms with Gasteiger partial charge in [0.25, 0.3) is 20.0 Å². The van der Waals surface area contributed by atoms with Gasteiger partial charge in [-0.3, -0.25) is 18.6 Å². The van der Waals surface area contributed by atoms with Crippen molar-refractivity contribution in [3.8, 4) is 0 Å². The Labute approximate surface area is 293 Å². The topological polar surface area (TPSA) is 136 Å². The van der Waals surface area contributed by atoms with E-state index in [0.29, 0.717) is 22.5 Å². The highest BCUT2D eigenvalue weighted by molar-refractivity contribution is 7.93. The normalized spacial score (nSPS) is 11.1. The predicted octanol–water partition coefficient (Wildman–Crippen LogP) is 7.04. The molecule has 4 rings (SSSR count). The molecular formula is C31H28Cl4N2O8S2. The Kier molecular flexibility index (Phi) is 13.3. The highest BCUT2D eigenvalue weighted by Gasteiger charge is 2.24. The maximum atomic E-state index is 12.8. The van der Waals surface area contributed by atoms with E-state index in [1.54, 1.807) is 48.5 Å². The van der Waals surface area contributed by atoms with Gasteiger partial charge in [0.05, 0.1) is 68.3 Å². The number of rotatable bonds is 10. The van der Waals surface area contributed by atoms with E-state index in [0.717, 1.165) is 4.31 Å². The van der Waals surface area contributed by atoms with Crippen LogP contribution in [-0.4, -0.2) is 50.0 Å². The molecule has 10 nitrogen and oxygen atoms in total. The number of anilines is 2. The summed E-state index contributed by atoms with van der Waals surface area (Å²) < 4.78 is 63.3. The molecule has 0 heterocycles. The fourth-order valence-corrected chi connectivity index (χ4v) is 7.08. The van der Waals surface area contributed by atoms with Gasteiger partial charge in [0.2, 0.25) is 0 Å². The van der Waals surface area contributed by atoms with Crippen LogP contribution < -0.4 is 9.03 Å². The van der Waals surface area contributed by atoms with Gasteiger partial charge in [-0.05, 0) is 59.7 Å². The van der Waals surface area contributed by atoms with Gasteiger partial charge < -0.3 is 9.47 Å². The van der Waals surface area contributed by atoms with Gasteiger partial charge >= 0.3 is 11.9 Å². The molecule has 0 aliphatic heterocycles. The minimum absolute atomic E-state index is 0.00673. The molecule has 0 spiro atoms. The number of para-hydroxylation sites is 2. The number of carbonyl (C=O) groups excluding carboxylic acids is 2. The van der Waals surface area contributed by atoms with Crippen LogP contribution in [0.5, 0.6) is 0 Å². The van der Waals surface area contributed by atoms with Gasteiger partial charge in [0.1, 0.15) is 0 Å². The fraction of sp³-hybridized carbons (Fsp3) is 0.161. The summed E-state index contributed by atoms with van der Waals surface area (Å²) in [6, 6.07) is 21.4. The first-order valence-corrected chi connectivity index (χ1v) is 17.8. The number of nitrogens with zero attached hydrogens (tertiary/aromatic N) is 1. The Balaban J connectivity index is 0.000000256. The minimum atomic E-state index is -3.86. The average Bonchev–Trinajstić information content (AvgIpc) is 3.04. The van der Waals surface area contributed by atoms with Crippen LogP contribution in [0.3, 0.4) is 0 Å². The number of carbonyl (C=O) groups is 2. The van der Waals surface area contributed by atoms with Crippen LogP contribution in [0.25, 0.3) is 0 Å². The molecule has 16 heteroatoms. The summed E-state index contributed by atoms with van der Waals surface area (Å²) in [4.78, 5) is 22.9. The lowest BCUT2D eigenvalue weighted by atomic mass is 10.1. The van der Waals surface area contributed by atoms with Gasteiger partial charge in [-0.25, -0.2) is 16.8 Å². The molecule has 4 aromatic rings. The molecule has 0 saturated heterocycles. The van der Waals surface area contributed by atoms with Crippen molar-refractivity contribution < 1.29 is 35.9 Å². The maximum Gasteiger partial charge on any atom is 0.310 e. The van der Waals surface area contributed by atoms with Gasteiger partial charge in [0.15, 0.2) is 0 Å². The summed E-state index contributed by atoms with van der Waals surface area (Å²) in [7, 11) is -3.76. The fourth-order valence-electron chi connectivity index (χ4n) is 3.97. The first-order valence-electron chi connectivity index (χ1n) is 13.3. The van der Waals surface area contributed by atoms with Crippen molar-refractivity contribution in [2.24, 2.45) is 0 Å². The summed E-state index contributed by atoms with van der Waals surface area (Å²) >= 11 is 23.4. The lowest BCUT2D eigenvalue weighted by Gasteiger charge is -2.22. The lowest BCUT2D eigenvalue weighted by molar-refractivity contribution is -0.140. The largest absolute Gasteiger partial charge is 0.469 e. The number of methoxy groups -OCH3 is 2. The highest BCUT2D eigenvalue weighted by atomic mass is 35.5. The van der Waals surface area contributed by atoms with Crippen LogP contribution in [0, 0.1) is 0 Å². The van der Waals surface area contributed by atoms with Crippen molar-refractivity contribution in [3.63, 3.8) is 0 Å². The second-order valence-electron chi connectivity index (χ2n) is 9.52. The van der Waals surface area contributed by atoms with Gasteiger partial charge in [-0.15, -0.1) is 0 Å². The van der Waals surface area contributed by atoms with Crippen LogP contribution >= 0.6 is 46.4 Å². The maximum absolute atomic E-state index is 12.8. The van der Waals surface area contributed by atoms with Crippen molar-refractivity contribution in [2.45, 2.75) is 22.6 Å². The van der Waals surface area contributed by atoms with Crippen LogP contribution in [0.15, 0.2) is 94.7 Å². The first-order chi connectivity index (χ1) is 22.1. The van der Waals surface area contributed by atoms with E-state index in [9.17, 15) is 26.4 Å². The van der Waals surface area contributed by atoms with Crippen molar-refractivity contribution >= 4 is 89.8 Å². The number of halogens is 4. The molecule has 1 N–H and O–H groups in total. The second-order valence-corrected chi connectivity index (χ2v) is 14.8. The zero-order chi connectivity index (χ0) is 34.9. The minimum Gasteiger partial charge on any atom is -0.469 e. The molecule has 0 saturated carbocycles.